The van der Waals surface area contributed by atoms with Gasteiger partial charge in [-0.25, -0.2) is 0 Å². The summed E-state index contributed by atoms with van der Waals surface area (Å²) in [5.41, 5.74) is -0.411. The van der Waals surface area contributed by atoms with Gasteiger partial charge in [0.2, 0.25) is 11.8 Å². The number of nitrogens with zero attached hydrogens (tertiary/aromatic N) is 1. The number of nitrogens with one attached hydrogen (secondary N) is 1. The molecule has 0 aliphatic carbocycles. The molecule has 3 atom stereocenters. The Balaban J connectivity index is 2.86. The Kier molecular flexibility index (Phi) is 5.21. The third-order valence-corrected chi connectivity index (χ3v) is 3.62. The van der Waals surface area contributed by atoms with Crippen molar-refractivity contribution >= 4 is 23.4 Å². The topological polar surface area (TPSA) is 69.6 Å². The Hall–Kier alpha value is -0.810. The van der Waals surface area contributed by atoms with Crippen molar-refractivity contribution in [2.75, 3.05) is 12.4 Å². The van der Waals surface area contributed by atoms with Crippen molar-refractivity contribution in [2.24, 2.45) is 5.41 Å². The fraction of sp³-hybridized carbons (Fsp3) is 0.846. The number of rotatable bonds is 3. The Morgan fingerprint density at radius 1 is 1.47 bits per heavy atom. The van der Waals surface area contributed by atoms with Gasteiger partial charge in [-0.05, 0) is 18.8 Å². The van der Waals surface area contributed by atoms with Gasteiger partial charge in [0.05, 0.1) is 6.10 Å². The largest absolute Gasteiger partial charge is 0.391 e. The van der Waals surface area contributed by atoms with Gasteiger partial charge in [0.15, 0.2) is 0 Å². The van der Waals surface area contributed by atoms with E-state index in [4.69, 9.17) is 11.6 Å². The molecule has 0 unspecified atom stereocenters. The van der Waals surface area contributed by atoms with Crippen molar-refractivity contribution in [1.29, 1.82) is 0 Å². The number of aliphatic hydroxyl groups is 1. The zero-order valence-corrected chi connectivity index (χ0v) is 12.7. The van der Waals surface area contributed by atoms with Gasteiger partial charge in [0, 0.05) is 12.6 Å². The monoisotopic (exact) mass is 290 g/mol. The van der Waals surface area contributed by atoms with Crippen LogP contribution >= 0.6 is 11.6 Å². The SMILES string of the molecule is C[C@@H]1C[C@@H](O)CN1C(=O)[C@@H](NC(=O)CCl)C(C)(C)C. The van der Waals surface area contributed by atoms with E-state index in [1.165, 1.54) is 0 Å². The van der Waals surface area contributed by atoms with Gasteiger partial charge in [-0.15, -0.1) is 11.6 Å². The normalized spacial score (nSPS) is 25.3. The maximum absolute atomic E-state index is 12.6. The third-order valence-electron chi connectivity index (χ3n) is 3.38. The second-order valence-electron chi connectivity index (χ2n) is 6.23. The molecule has 6 heteroatoms. The molecule has 0 bridgehead atoms. The van der Waals surface area contributed by atoms with Crippen LogP contribution in [0.2, 0.25) is 0 Å². The summed E-state index contributed by atoms with van der Waals surface area (Å²) in [4.78, 5) is 25.7. The molecule has 1 heterocycles. The molecule has 1 aliphatic rings. The smallest absolute Gasteiger partial charge is 0.246 e. The van der Waals surface area contributed by atoms with Gasteiger partial charge in [-0.1, -0.05) is 20.8 Å². The summed E-state index contributed by atoms with van der Waals surface area (Å²) in [5.74, 6) is -0.685. The van der Waals surface area contributed by atoms with E-state index in [1.54, 1.807) is 4.90 Å². The third kappa shape index (κ3) is 4.08. The zero-order chi connectivity index (χ0) is 14.8. The lowest BCUT2D eigenvalue weighted by molar-refractivity contribution is -0.139. The highest BCUT2D eigenvalue weighted by Gasteiger charge is 2.40. The number of halogens is 1. The number of amides is 2. The second kappa shape index (κ2) is 6.09. The number of β-amino-alcohol motifs (C(OH)–C–C–N with tert-alkyl or cyclic N) is 1. The lowest BCUT2D eigenvalue weighted by Crippen LogP contribution is -2.55. The van der Waals surface area contributed by atoms with E-state index in [-0.39, 0.29) is 23.7 Å². The number of carbonyl (C=O) groups excluding carboxylic acids is 2. The van der Waals surface area contributed by atoms with Crippen LogP contribution in [0.4, 0.5) is 0 Å². The van der Waals surface area contributed by atoms with Crippen molar-refractivity contribution in [1.82, 2.24) is 10.2 Å². The van der Waals surface area contributed by atoms with E-state index in [1.807, 2.05) is 27.7 Å². The fourth-order valence-electron chi connectivity index (χ4n) is 2.32. The minimum absolute atomic E-state index is 0.0137. The Morgan fingerprint density at radius 2 is 2.05 bits per heavy atom. The van der Waals surface area contributed by atoms with Crippen molar-refractivity contribution in [3.63, 3.8) is 0 Å². The van der Waals surface area contributed by atoms with Crippen LogP contribution in [-0.4, -0.2) is 52.4 Å². The first-order chi connectivity index (χ1) is 8.66. The van der Waals surface area contributed by atoms with Crippen LogP contribution < -0.4 is 5.32 Å². The molecule has 0 aromatic carbocycles. The molecule has 1 rings (SSSR count). The van der Waals surface area contributed by atoms with Crippen molar-refractivity contribution in [3.05, 3.63) is 0 Å². The van der Waals surface area contributed by atoms with Crippen LogP contribution in [0.5, 0.6) is 0 Å². The molecule has 0 saturated carbocycles. The van der Waals surface area contributed by atoms with Crippen molar-refractivity contribution in [3.8, 4) is 0 Å². The summed E-state index contributed by atoms with van der Waals surface area (Å²) in [6.45, 7) is 7.89. The van der Waals surface area contributed by atoms with Gasteiger partial charge in [-0.3, -0.25) is 9.59 Å². The van der Waals surface area contributed by atoms with E-state index < -0.39 is 17.6 Å². The minimum atomic E-state index is -0.633. The summed E-state index contributed by atoms with van der Waals surface area (Å²) in [7, 11) is 0. The first-order valence-electron chi connectivity index (χ1n) is 6.50. The number of aliphatic hydroxyl groups excluding tert-OH is 1. The Labute approximate surface area is 119 Å². The Bertz CT molecular complexity index is 354. The van der Waals surface area contributed by atoms with Crippen LogP contribution in [0.1, 0.15) is 34.1 Å². The highest BCUT2D eigenvalue weighted by atomic mass is 35.5. The summed E-state index contributed by atoms with van der Waals surface area (Å²) < 4.78 is 0. The molecule has 1 saturated heterocycles. The molecule has 1 aliphatic heterocycles. The predicted molar refractivity (Wildman–Crippen MR) is 73.9 cm³/mol. The highest BCUT2D eigenvalue weighted by molar-refractivity contribution is 6.27. The zero-order valence-electron chi connectivity index (χ0n) is 11.9. The number of hydrogen-bond donors (Lipinski definition) is 2. The number of alkyl halides is 1. The molecule has 2 amide bonds. The lowest BCUT2D eigenvalue weighted by Gasteiger charge is -2.34. The van der Waals surface area contributed by atoms with Crippen molar-refractivity contribution in [2.45, 2.75) is 52.3 Å². The maximum atomic E-state index is 12.6. The molecule has 110 valence electrons. The Morgan fingerprint density at radius 3 is 2.42 bits per heavy atom. The molecule has 2 N–H and O–H groups in total. The van der Waals surface area contributed by atoms with Crippen LogP contribution in [0.15, 0.2) is 0 Å². The first-order valence-corrected chi connectivity index (χ1v) is 7.04. The maximum Gasteiger partial charge on any atom is 0.246 e. The number of carbonyl (C=O) groups is 2. The molecule has 0 aromatic heterocycles. The van der Waals surface area contributed by atoms with Crippen molar-refractivity contribution < 1.29 is 14.7 Å². The second-order valence-corrected chi connectivity index (χ2v) is 6.50. The van der Waals surface area contributed by atoms with E-state index in [0.29, 0.717) is 13.0 Å². The van der Waals surface area contributed by atoms with Gasteiger partial charge in [0.25, 0.3) is 0 Å². The standard InChI is InChI=1S/C13H23ClN2O3/c1-8-5-9(17)7-16(8)12(19)11(13(2,3)4)15-10(18)6-14/h8-9,11,17H,5-7H2,1-4H3,(H,15,18)/t8-,9-,11-/m1/s1. The molecule has 0 radical (unpaired) electrons. The van der Waals surface area contributed by atoms with E-state index in [2.05, 4.69) is 5.32 Å². The van der Waals surface area contributed by atoms with Crippen LogP contribution in [0.3, 0.4) is 0 Å². The fourth-order valence-corrected chi connectivity index (χ4v) is 2.40. The first kappa shape index (κ1) is 16.2. The van der Waals surface area contributed by atoms with Crippen LogP contribution in [0.25, 0.3) is 0 Å². The molecular formula is C13H23ClN2O3. The van der Waals surface area contributed by atoms with Crippen LogP contribution in [0, 0.1) is 5.41 Å². The average Bonchev–Trinajstić information content (AvgIpc) is 2.62. The van der Waals surface area contributed by atoms with Gasteiger partial charge in [0.1, 0.15) is 11.9 Å². The van der Waals surface area contributed by atoms with Gasteiger partial charge < -0.3 is 15.3 Å². The lowest BCUT2D eigenvalue weighted by atomic mass is 9.85. The average molecular weight is 291 g/mol. The van der Waals surface area contributed by atoms with E-state index in [0.717, 1.165) is 0 Å². The molecule has 5 nitrogen and oxygen atoms in total. The molecule has 0 spiro atoms. The molecule has 1 fully saturated rings. The van der Waals surface area contributed by atoms with Gasteiger partial charge in [-0.2, -0.15) is 0 Å². The predicted octanol–water partition coefficient (Wildman–Crippen LogP) is 0.738. The molecule has 19 heavy (non-hydrogen) atoms. The summed E-state index contributed by atoms with van der Waals surface area (Å²) >= 11 is 5.49. The highest BCUT2D eigenvalue weighted by Crippen LogP contribution is 2.25. The van der Waals surface area contributed by atoms with E-state index in [9.17, 15) is 14.7 Å². The molecule has 0 aromatic rings. The minimum Gasteiger partial charge on any atom is -0.391 e. The number of hydrogen-bond acceptors (Lipinski definition) is 3. The number of likely N-dealkylation sites (tertiary alicyclic amines) is 1. The quantitative estimate of drug-likeness (QED) is 0.753. The summed E-state index contributed by atoms with van der Waals surface area (Å²) in [5, 5.41) is 12.3. The summed E-state index contributed by atoms with van der Waals surface area (Å²) in [6.07, 6.45) is 0.0924. The van der Waals surface area contributed by atoms with Crippen LogP contribution in [-0.2, 0) is 9.59 Å². The van der Waals surface area contributed by atoms with E-state index >= 15 is 0 Å². The molecular weight excluding hydrogens is 268 g/mol. The summed E-state index contributed by atoms with van der Waals surface area (Å²) in [6, 6.07) is -0.647. The van der Waals surface area contributed by atoms with Gasteiger partial charge >= 0.3 is 0 Å².